The van der Waals surface area contributed by atoms with E-state index >= 15 is 0 Å². The third-order valence-electron chi connectivity index (χ3n) is 5.66. The fourth-order valence-corrected chi connectivity index (χ4v) is 4.51. The lowest BCUT2D eigenvalue weighted by Crippen LogP contribution is -2.35. The van der Waals surface area contributed by atoms with E-state index in [-0.39, 0.29) is 30.8 Å². The van der Waals surface area contributed by atoms with Crippen LogP contribution < -0.4 is 5.73 Å². The number of hydrogen-bond donors (Lipinski definition) is 4. The minimum atomic E-state index is -4.60. The Morgan fingerprint density at radius 3 is 0.911 bits per heavy atom. The quantitative estimate of drug-likeness (QED) is 0.0294. The minimum Gasteiger partial charge on any atom is -0.449 e. The maximum Gasteiger partial charge on any atom is 0.412 e. The number of carbonyl (C=O) groups is 4. The molecule has 0 aromatic rings. The number of ether oxygens (including phenoxy) is 3. The average molecular weight is 996 g/mol. The standard InChI is InChI=1S/3C9H17Cl2NO2.C2H6ClO3P.CH4NO4P/c3*1-2-3-8-14-9(13)12(6-4-10)7-5-11;3-1-2-6-7(4)5;2-1(3)7(4,5)6/h3*2-8H2,1H3;7H,1-2H2,(H,4,5);(H2,2,3)(H2,4,5,6). The molecular weight excluding hydrogens is 934 g/mol. The van der Waals surface area contributed by atoms with Crippen molar-refractivity contribution in [2.75, 3.05) is 107 Å². The highest BCUT2D eigenvalue weighted by Crippen LogP contribution is 2.33. The van der Waals surface area contributed by atoms with Crippen molar-refractivity contribution < 1.29 is 61.7 Å². The van der Waals surface area contributed by atoms with Crippen LogP contribution in [0, 0.1) is 0 Å². The first-order valence-corrected chi connectivity index (χ1v) is 24.0. The fraction of sp³-hybridized carbons (Fsp3) is 0.867. The van der Waals surface area contributed by atoms with Crippen molar-refractivity contribution in [1.29, 1.82) is 0 Å². The van der Waals surface area contributed by atoms with Gasteiger partial charge in [-0.05, 0) is 19.3 Å². The summed E-state index contributed by atoms with van der Waals surface area (Å²) in [5, 5.41) is 0. The maximum absolute atomic E-state index is 11.4. The van der Waals surface area contributed by atoms with Gasteiger partial charge < -0.3 is 53.8 Å². The molecule has 0 heterocycles. The second-order valence-corrected chi connectivity index (χ2v) is 15.2. The van der Waals surface area contributed by atoms with Gasteiger partial charge in [-0.1, -0.05) is 40.0 Å². The van der Waals surface area contributed by atoms with Gasteiger partial charge in [0.05, 0.1) is 26.4 Å². The second-order valence-electron chi connectivity index (χ2n) is 10.2. The Balaban J connectivity index is -0.000000199. The predicted molar refractivity (Wildman–Crippen MR) is 227 cm³/mol. The lowest BCUT2D eigenvalue weighted by molar-refractivity contribution is 0.104. The van der Waals surface area contributed by atoms with Gasteiger partial charge in [-0.15, -0.1) is 81.2 Å². The molecule has 0 spiro atoms. The molecule has 0 bridgehead atoms. The summed E-state index contributed by atoms with van der Waals surface area (Å²) in [5.41, 5.74) is 2.58. The van der Waals surface area contributed by atoms with E-state index in [4.69, 9.17) is 110 Å². The molecule has 0 aliphatic heterocycles. The first kappa shape index (κ1) is 64.7. The molecule has 0 saturated carbocycles. The number of nitrogens with two attached hydrogens (primary N) is 1. The number of rotatable bonds is 25. The normalized spacial score (nSPS) is 10.6. The van der Waals surface area contributed by atoms with Crippen molar-refractivity contribution >= 4 is 121 Å². The lowest BCUT2D eigenvalue weighted by Gasteiger charge is -2.19. The third kappa shape index (κ3) is 49.8. The summed E-state index contributed by atoms with van der Waals surface area (Å²) in [6.45, 7) is 10.6. The number of carbonyl (C=O) groups excluding carboxylic acids is 4. The summed E-state index contributed by atoms with van der Waals surface area (Å²) in [7, 11) is -7.33. The highest BCUT2D eigenvalue weighted by Gasteiger charge is 2.20. The highest BCUT2D eigenvalue weighted by molar-refractivity contribution is 7.69. The Bertz CT molecular complexity index is 919. The molecule has 1 atom stereocenters. The predicted octanol–water partition coefficient (Wildman–Crippen LogP) is 7.97. The van der Waals surface area contributed by atoms with Crippen molar-refractivity contribution in [2.24, 2.45) is 5.73 Å². The summed E-state index contributed by atoms with van der Waals surface area (Å²) in [4.78, 5) is 71.6. The summed E-state index contributed by atoms with van der Waals surface area (Å²) in [5.74, 6) is 2.68. The van der Waals surface area contributed by atoms with Crippen molar-refractivity contribution in [1.82, 2.24) is 14.7 Å². The van der Waals surface area contributed by atoms with Crippen LogP contribution in [0.1, 0.15) is 59.3 Å². The number of alkyl halides is 7. The molecule has 0 saturated heterocycles. The molecule has 0 rings (SSSR count). The Hall–Kier alpha value is -0.390. The van der Waals surface area contributed by atoms with E-state index in [1.165, 1.54) is 14.7 Å². The molecule has 1 unspecified atom stereocenters. The molecule has 0 aromatic heterocycles. The Morgan fingerprint density at radius 1 is 0.554 bits per heavy atom. The molecule has 0 aliphatic carbocycles. The van der Waals surface area contributed by atoms with E-state index in [2.05, 4.69) is 10.3 Å². The Labute approximate surface area is 367 Å². The fourth-order valence-electron chi connectivity index (χ4n) is 2.81. The first-order valence-electron chi connectivity index (χ1n) is 17.4. The zero-order valence-corrected chi connectivity index (χ0v) is 39.4. The molecule has 4 amide bonds. The van der Waals surface area contributed by atoms with Crippen LogP contribution >= 0.6 is 97.1 Å². The van der Waals surface area contributed by atoms with Gasteiger partial charge >= 0.3 is 39.8 Å². The maximum atomic E-state index is 11.4. The second kappa shape index (κ2) is 49.0. The topological polar surface area (TPSA) is 236 Å². The number of nitrogens with zero attached hydrogens (tertiary/aromatic N) is 3. The van der Waals surface area contributed by atoms with Crippen LogP contribution in [0.4, 0.5) is 19.2 Å². The number of halogens is 7. The van der Waals surface area contributed by atoms with Crippen molar-refractivity contribution in [3.63, 3.8) is 0 Å². The van der Waals surface area contributed by atoms with E-state index in [0.29, 0.717) is 94.4 Å². The van der Waals surface area contributed by atoms with Gasteiger partial charge in [0.25, 0.3) is 0 Å². The summed E-state index contributed by atoms with van der Waals surface area (Å²) in [6.07, 6.45) is 4.75. The smallest absolute Gasteiger partial charge is 0.412 e. The SMILES string of the molecule is CCCCOC(=O)N(CCCl)CCCl.CCCCOC(=O)N(CCCl)CCCl.CCCCOC(=O)N(CCCl)CCCl.NC(=O)P(=O)(O)O.O=[PH](O)OCCCl. The lowest BCUT2D eigenvalue weighted by atomic mass is 10.4. The molecular formula is C30H61Cl7N4O13P2. The molecule has 0 fully saturated rings. The molecule has 0 radical (unpaired) electrons. The Kier molecular flexibility index (Phi) is 56.6. The highest BCUT2D eigenvalue weighted by atomic mass is 35.5. The summed E-state index contributed by atoms with van der Waals surface area (Å²) in [6, 6.07) is 0. The zero-order chi connectivity index (χ0) is 44.2. The van der Waals surface area contributed by atoms with Gasteiger partial charge in [-0.25, -0.2) is 18.9 Å². The van der Waals surface area contributed by atoms with E-state index in [9.17, 15) is 28.3 Å². The summed E-state index contributed by atoms with van der Waals surface area (Å²) >= 11 is 38.4. The van der Waals surface area contributed by atoms with Gasteiger partial charge in [-0.3, -0.25) is 9.36 Å². The molecule has 56 heavy (non-hydrogen) atoms. The molecule has 26 heteroatoms. The number of unbranched alkanes of at least 4 members (excludes halogenated alkanes) is 3. The van der Waals surface area contributed by atoms with Crippen LogP contribution in [0.3, 0.4) is 0 Å². The van der Waals surface area contributed by atoms with Gasteiger partial charge in [0, 0.05) is 80.4 Å². The van der Waals surface area contributed by atoms with Gasteiger partial charge in [-0.2, -0.15) is 0 Å². The van der Waals surface area contributed by atoms with Gasteiger partial charge in [0.15, 0.2) is 0 Å². The first-order chi connectivity index (χ1) is 26.5. The van der Waals surface area contributed by atoms with E-state index in [1.807, 2.05) is 20.8 Å². The number of hydrogen-bond acceptors (Lipinski definition) is 10. The number of primary amides is 1. The minimum absolute atomic E-state index is 0.149. The van der Waals surface area contributed by atoms with Crippen molar-refractivity contribution in [2.45, 2.75) is 59.3 Å². The molecule has 0 aromatic carbocycles. The van der Waals surface area contributed by atoms with Crippen molar-refractivity contribution in [3.8, 4) is 0 Å². The monoisotopic (exact) mass is 992 g/mol. The van der Waals surface area contributed by atoms with Crippen LogP contribution in [0.25, 0.3) is 0 Å². The van der Waals surface area contributed by atoms with E-state index in [0.717, 1.165) is 38.5 Å². The molecule has 338 valence electrons. The van der Waals surface area contributed by atoms with Crippen LogP contribution in [0.2, 0.25) is 0 Å². The molecule has 17 nitrogen and oxygen atoms in total. The van der Waals surface area contributed by atoms with E-state index < -0.39 is 21.5 Å². The third-order valence-corrected chi connectivity index (χ3v) is 7.86. The van der Waals surface area contributed by atoms with Gasteiger partial charge in [0.2, 0.25) is 0 Å². The van der Waals surface area contributed by atoms with Crippen LogP contribution in [0.15, 0.2) is 0 Å². The molecule has 5 N–H and O–H groups in total. The zero-order valence-electron chi connectivity index (χ0n) is 32.2. The van der Waals surface area contributed by atoms with Crippen LogP contribution in [-0.2, 0) is 27.9 Å². The largest absolute Gasteiger partial charge is 0.449 e. The van der Waals surface area contributed by atoms with Gasteiger partial charge in [0.1, 0.15) is 0 Å². The van der Waals surface area contributed by atoms with Crippen molar-refractivity contribution in [3.05, 3.63) is 0 Å². The van der Waals surface area contributed by atoms with Crippen LogP contribution in [0.5, 0.6) is 0 Å². The molecule has 0 aliphatic rings. The summed E-state index contributed by atoms with van der Waals surface area (Å²) < 4.78 is 38.4. The number of amides is 4. The Morgan fingerprint density at radius 2 is 0.786 bits per heavy atom. The van der Waals surface area contributed by atoms with Crippen LogP contribution in [-0.4, -0.2) is 160 Å². The van der Waals surface area contributed by atoms with E-state index in [1.54, 1.807) is 0 Å². The average Bonchev–Trinajstić information content (AvgIpc) is 3.14.